The van der Waals surface area contributed by atoms with Crippen LogP contribution in [0.3, 0.4) is 0 Å². The van der Waals surface area contributed by atoms with Crippen LogP contribution in [0.2, 0.25) is 0 Å². The van der Waals surface area contributed by atoms with Gasteiger partial charge in [-0.15, -0.1) is 0 Å². The number of piperidine rings is 1. The maximum atomic E-state index is 12.4. The highest BCUT2D eigenvalue weighted by Crippen LogP contribution is 2.14. The molecule has 27 heavy (non-hydrogen) atoms. The molecule has 2 aromatic rings. The van der Waals surface area contributed by atoms with Gasteiger partial charge in [0.25, 0.3) is 5.91 Å². The average Bonchev–Trinajstić information content (AvgIpc) is 2.69. The molecule has 0 aliphatic carbocycles. The van der Waals surface area contributed by atoms with Crippen LogP contribution in [0, 0.1) is 0 Å². The van der Waals surface area contributed by atoms with Crippen molar-refractivity contribution >= 4 is 11.6 Å². The SMILES string of the molecule is CN(C)c1ccc(CCNC(=O)c2ccc(CN3CCCCC3)cc2)cc1. The van der Waals surface area contributed by atoms with Gasteiger partial charge in [-0.1, -0.05) is 30.7 Å². The minimum atomic E-state index is 0.00411. The van der Waals surface area contributed by atoms with Crippen LogP contribution in [0.1, 0.15) is 40.7 Å². The van der Waals surface area contributed by atoms with E-state index in [0.717, 1.165) is 18.5 Å². The fourth-order valence-corrected chi connectivity index (χ4v) is 3.52. The van der Waals surface area contributed by atoms with Crippen LogP contribution in [-0.2, 0) is 13.0 Å². The Bertz CT molecular complexity index is 716. The number of amides is 1. The smallest absolute Gasteiger partial charge is 0.251 e. The largest absolute Gasteiger partial charge is 0.378 e. The second kappa shape index (κ2) is 9.56. The third kappa shape index (κ3) is 5.83. The molecule has 1 amide bonds. The van der Waals surface area contributed by atoms with Gasteiger partial charge in [-0.2, -0.15) is 0 Å². The van der Waals surface area contributed by atoms with Gasteiger partial charge in [0.1, 0.15) is 0 Å². The first-order chi connectivity index (χ1) is 13.1. The van der Waals surface area contributed by atoms with E-state index in [0.29, 0.717) is 6.54 Å². The molecule has 4 heteroatoms. The van der Waals surface area contributed by atoms with Crippen molar-refractivity contribution in [3.05, 3.63) is 65.2 Å². The summed E-state index contributed by atoms with van der Waals surface area (Å²) in [6.07, 6.45) is 4.80. The molecule has 3 rings (SSSR count). The highest BCUT2D eigenvalue weighted by molar-refractivity contribution is 5.94. The third-order valence-corrected chi connectivity index (χ3v) is 5.22. The van der Waals surface area contributed by atoms with E-state index in [4.69, 9.17) is 0 Å². The van der Waals surface area contributed by atoms with E-state index in [1.807, 2.05) is 26.2 Å². The Morgan fingerprint density at radius 1 is 0.926 bits per heavy atom. The molecule has 0 spiro atoms. The molecule has 1 aliphatic rings. The maximum absolute atomic E-state index is 12.4. The zero-order valence-corrected chi connectivity index (χ0v) is 16.6. The number of hydrogen-bond donors (Lipinski definition) is 1. The molecule has 0 unspecified atom stereocenters. The lowest BCUT2D eigenvalue weighted by Gasteiger charge is -2.26. The van der Waals surface area contributed by atoms with Crippen LogP contribution in [-0.4, -0.2) is 44.5 Å². The molecular formula is C23H31N3O. The van der Waals surface area contributed by atoms with Gasteiger partial charge in [-0.25, -0.2) is 0 Å². The number of nitrogens with one attached hydrogen (secondary N) is 1. The van der Waals surface area contributed by atoms with E-state index in [1.54, 1.807) is 0 Å². The standard InChI is InChI=1S/C23H31N3O/c1-25(2)22-12-8-19(9-13-22)14-15-24-23(27)21-10-6-20(7-11-21)18-26-16-4-3-5-17-26/h6-13H,3-5,14-18H2,1-2H3,(H,24,27). The topological polar surface area (TPSA) is 35.6 Å². The lowest BCUT2D eigenvalue weighted by atomic mass is 10.1. The van der Waals surface area contributed by atoms with Crippen LogP contribution in [0.5, 0.6) is 0 Å². The number of carbonyl (C=O) groups excluding carboxylic acids is 1. The summed E-state index contributed by atoms with van der Waals surface area (Å²) in [5, 5.41) is 3.03. The van der Waals surface area contributed by atoms with E-state index in [-0.39, 0.29) is 5.91 Å². The molecule has 1 heterocycles. The van der Waals surface area contributed by atoms with Gasteiger partial charge in [-0.05, 0) is 67.7 Å². The zero-order chi connectivity index (χ0) is 19.1. The summed E-state index contributed by atoms with van der Waals surface area (Å²) in [5.41, 5.74) is 4.44. The molecule has 0 saturated carbocycles. The Balaban J connectivity index is 1.44. The van der Waals surface area contributed by atoms with Crippen molar-refractivity contribution in [1.29, 1.82) is 0 Å². The number of carbonyl (C=O) groups is 1. The Labute approximate surface area is 163 Å². The minimum Gasteiger partial charge on any atom is -0.378 e. The molecule has 0 atom stereocenters. The zero-order valence-electron chi connectivity index (χ0n) is 16.6. The summed E-state index contributed by atoms with van der Waals surface area (Å²) >= 11 is 0. The summed E-state index contributed by atoms with van der Waals surface area (Å²) < 4.78 is 0. The molecule has 4 nitrogen and oxygen atoms in total. The van der Waals surface area contributed by atoms with Crippen molar-refractivity contribution in [2.24, 2.45) is 0 Å². The normalized spacial score (nSPS) is 14.7. The molecular weight excluding hydrogens is 334 g/mol. The third-order valence-electron chi connectivity index (χ3n) is 5.22. The fourth-order valence-electron chi connectivity index (χ4n) is 3.52. The van der Waals surface area contributed by atoms with Crippen LogP contribution in [0.4, 0.5) is 5.69 Å². The number of benzene rings is 2. The molecule has 144 valence electrons. The van der Waals surface area contributed by atoms with Gasteiger partial charge >= 0.3 is 0 Å². The predicted molar refractivity (Wildman–Crippen MR) is 112 cm³/mol. The second-order valence-electron chi connectivity index (χ2n) is 7.60. The minimum absolute atomic E-state index is 0.00411. The quantitative estimate of drug-likeness (QED) is 0.812. The molecule has 2 aromatic carbocycles. The molecule has 1 N–H and O–H groups in total. The second-order valence-corrected chi connectivity index (χ2v) is 7.60. The van der Waals surface area contributed by atoms with Gasteiger partial charge in [0.15, 0.2) is 0 Å². The summed E-state index contributed by atoms with van der Waals surface area (Å²) in [7, 11) is 4.07. The van der Waals surface area contributed by atoms with E-state index < -0.39 is 0 Å². The molecule has 1 aliphatic heterocycles. The van der Waals surface area contributed by atoms with E-state index in [2.05, 4.69) is 51.5 Å². The highest BCUT2D eigenvalue weighted by atomic mass is 16.1. The number of hydrogen-bond acceptors (Lipinski definition) is 3. The van der Waals surface area contributed by atoms with Crippen LogP contribution >= 0.6 is 0 Å². The van der Waals surface area contributed by atoms with Gasteiger partial charge < -0.3 is 10.2 Å². The lowest BCUT2D eigenvalue weighted by Crippen LogP contribution is -2.29. The van der Waals surface area contributed by atoms with Crippen molar-refractivity contribution in [3.8, 4) is 0 Å². The number of nitrogens with zero attached hydrogens (tertiary/aromatic N) is 2. The van der Waals surface area contributed by atoms with Crippen LogP contribution in [0.25, 0.3) is 0 Å². The Kier molecular flexibility index (Phi) is 6.88. The van der Waals surface area contributed by atoms with Crippen molar-refractivity contribution in [1.82, 2.24) is 10.2 Å². The van der Waals surface area contributed by atoms with Gasteiger partial charge in [0.05, 0.1) is 0 Å². The summed E-state index contributed by atoms with van der Waals surface area (Å²) in [6.45, 7) is 4.02. The van der Waals surface area contributed by atoms with Gasteiger partial charge in [0.2, 0.25) is 0 Å². The van der Waals surface area contributed by atoms with Crippen LogP contribution in [0.15, 0.2) is 48.5 Å². The number of anilines is 1. The molecule has 0 bridgehead atoms. The fraction of sp³-hybridized carbons (Fsp3) is 0.435. The maximum Gasteiger partial charge on any atom is 0.251 e. The first-order valence-electron chi connectivity index (χ1n) is 9.97. The Hall–Kier alpha value is -2.33. The predicted octanol–water partition coefficient (Wildman–Crippen LogP) is 3.71. The van der Waals surface area contributed by atoms with Crippen LogP contribution < -0.4 is 10.2 Å². The Morgan fingerprint density at radius 2 is 1.56 bits per heavy atom. The summed E-state index contributed by atoms with van der Waals surface area (Å²) in [5.74, 6) is 0.00411. The summed E-state index contributed by atoms with van der Waals surface area (Å²) in [4.78, 5) is 16.9. The Morgan fingerprint density at radius 3 is 2.19 bits per heavy atom. The van der Waals surface area contributed by atoms with Gasteiger partial charge in [-0.3, -0.25) is 9.69 Å². The van der Waals surface area contributed by atoms with Crippen molar-refractivity contribution in [2.45, 2.75) is 32.2 Å². The van der Waals surface area contributed by atoms with E-state index >= 15 is 0 Å². The van der Waals surface area contributed by atoms with Crippen molar-refractivity contribution in [2.75, 3.05) is 38.6 Å². The molecule has 0 aromatic heterocycles. The lowest BCUT2D eigenvalue weighted by molar-refractivity contribution is 0.0954. The monoisotopic (exact) mass is 365 g/mol. The first-order valence-corrected chi connectivity index (χ1v) is 9.97. The highest BCUT2D eigenvalue weighted by Gasteiger charge is 2.11. The van der Waals surface area contributed by atoms with E-state index in [9.17, 15) is 4.79 Å². The molecule has 1 saturated heterocycles. The van der Waals surface area contributed by atoms with E-state index in [1.165, 1.54) is 49.2 Å². The number of rotatable bonds is 7. The first kappa shape index (κ1) is 19.4. The molecule has 0 radical (unpaired) electrons. The average molecular weight is 366 g/mol. The number of likely N-dealkylation sites (tertiary alicyclic amines) is 1. The molecule has 1 fully saturated rings. The van der Waals surface area contributed by atoms with Gasteiger partial charge in [0, 0.05) is 38.4 Å². The summed E-state index contributed by atoms with van der Waals surface area (Å²) in [6, 6.07) is 16.5. The van der Waals surface area contributed by atoms with Crippen molar-refractivity contribution < 1.29 is 4.79 Å². The van der Waals surface area contributed by atoms with Crippen molar-refractivity contribution in [3.63, 3.8) is 0 Å².